The Morgan fingerprint density at radius 1 is 1.50 bits per heavy atom. The number of nitrogens with two attached hydrogens (primary N) is 2. The molecule has 0 atom stereocenters. The fourth-order valence-electron chi connectivity index (χ4n) is 0.491. The number of allylic oxidation sites excluding steroid dienone is 1. The standard InChI is InChI=1S/C7H15N3/c1-6(2)4-3-5-10-7(8)9/h3-4,6H,5H2,1-2H3,(H4,8,9,10)/b4-3+. The van der Waals surface area contributed by atoms with Crippen LogP contribution in [0.1, 0.15) is 13.8 Å². The zero-order valence-corrected chi connectivity index (χ0v) is 6.54. The van der Waals surface area contributed by atoms with E-state index in [-0.39, 0.29) is 5.96 Å². The summed E-state index contributed by atoms with van der Waals surface area (Å²) in [7, 11) is 0. The first kappa shape index (κ1) is 9.01. The Kier molecular flexibility index (Phi) is 4.37. The van der Waals surface area contributed by atoms with Gasteiger partial charge in [0.05, 0.1) is 6.54 Å². The first-order valence-corrected chi connectivity index (χ1v) is 3.35. The Labute approximate surface area is 61.8 Å². The first-order valence-electron chi connectivity index (χ1n) is 3.35. The molecule has 0 saturated carbocycles. The van der Waals surface area contributed by atoms with Crippen LogP contribution in [0.25, 0.3) is 0 Å². The van der Waals surface area contributed by atoms with Crippen LogP contribution >= 0.6 is 0 Å². The molecule has 0 radical (unpaired) electrons. The van der Waals surface area contributed by atoms with Crippen molar-refractivity contribution < 1.29 is 0 Å². The van der Waals surface area contributed by atoms with Crippen LogP contribution in [0.3, 0.4) is 0 Å². The van der Waals surface area contributed by atoms with Crippen molar-refractivity contribution in [2.45, 2.75) is 13.8 Å². The van der Waals surface area contributed by atoms with Crippen LogP contribution in [-0.2, 0) is 0 Å². The van der Waals surface area contributed by atoms with Crippen molar-refractivity contribution in [2.24, 2.45) is 22.4 Å². The zero-order chi connectivity index (χ0) is 7.98. The highest BCUT2D eigenvalue weighted by molar-refractivity contribution is 5.75. The molecule has 0 rings (SSSR count). The third kappa shape index (κ3) is 7.01. The van der Waals surface area contributed by atoms with Crippen molar-refractivity contribution >= 4 is 5.96 Å². The third-order valence-corrected chi connectivity index (χ3v) is 0.900. The molecule has 4 N–H and O–H groups in total. The fraction of sp³-hybridized carbons (Fsp3) is 0.571. The van der Waals surface area contributed by atoms with Gasteiger partial charge in [0.2, 0.25) is 0 Å². The van der Waals surface area contributed by atoms with Crippen LogP contribution in [-0.4, -0.2) is 12.5 Å². The molecule has 10 heavy (non-hydrogen) atoms. The van der Waals surface area contributed by atoms with Crippen molar-refractivity contribution in [3.05, 3.63) is 12.2 Å². The summed E-state index contributed by atoms with van der Waals surface area (Å²) in [6.07, 6.45) is 4.01. The molecule has 0 bridgehead atoms. The van der Waals surface area contributed by atoms with E-state index in [1.807, 2.05) is 6.08 Å². The molecular formula is C7H15N3. The van der Waals surface area contributed by atoms with Gasteiger partial charge in [-0.25, -0.2) is 4.99 Å². The minimum Gasteiger partial charge on any atom is -0.370 e. The van der Waals surface area contributed by atoms with E-state index in [1.165, 1.54) is 0 Å². The van der Waals surface area contributed by atoms with E-state index in [0.717, 1.165) is 0 Å². The Morgan fingerprint density at radius 3 is 2.50 bits per heavy atom. The molecule has 0 aromatic heterocycles. The van der Waals surface area contributed by atoms with E-state index in [2.05, 4.69) is 24.9 Å². The van der Waals surface area contributed by atoms with Gasteiger partial charge in [0.1, 0.15) is 0 Å². The van der Waals surface area contributed by atoms with Crippen molar-refractivity contribution in [1.29, 1.82) is 0 Å². The van der Waals surface area contributed by atoms with Gasteiger partial charge in [-0.05, 0) is 5.92 Å². The van der Waals surface area contributed by atoms with Crippen LogP contribution in [0.4, 0.5) is 0 Å². The van der Waals surface area contributed by atoms with Crippen LogP contribution in [0.15, 0.2) is 17.1 Å². The first-order chi connectivity index (χ1) is 4.63. The maximum atomic E-state index is 5.10. The number of hydrogen-bond donors (Lipinski definition) is 2. The quantitative estimate of drug-likeness (QED) is 0.341. The summed E-state index contributed by atoms with van der Waals surface area (Å²) in [6.45, 7) is 4.79. The predicted octanol–water partition coefficient (Wildman–Crippen LogP) is 0.472. The lowest BCUT2D eigenvalue weighted by Crippen LogP contribution is -2.22. The van der Waals surface area contributed by atoms with Crippen molar-refractivity contribution in [1.82, 2.24) is 0 Å². The van der Waals surface area contributed by atoms with E-state index in [1.54, 1.807) is 0 Å². The number of hydrogen-bond acceptors (Lipinski definition) is 1. The number of aliphatic imine (C=N–C) groups is 1. The second kappa shape index (κ2) is 4.85. The van der Waals surface area contributed by atoms with Crippen molar-refractivity contribution in [3.63, 3.8) is 0 Å². The van der Waals surface area contributed by atoms with E-state index in [0.29, 0.717) is 12.5 Å². The minimum absolute atomic E-state index is 0.147. The molecular weight excluding hydrogens is 126 g/mol. The second-order valence-electron chi connectivity index (χ2n) is 2.44. The summed E-state index contributed by atoms with van der Waals surface area (Å²) in [6, 6.07) is 0. The number of rotatable bonds is 3. The summed E-state index contributed by atoms with van der Waals surface area (Å²) in [5.41, 5.74) is 10.2. The third-order valence-electron chi connectivity index (χ3n) is 0.900. The summed E-state index contributed by atoms with van der Waals surface area (Å²) >= 11 is 0. The molecule has 0 aromatic rings. The van der Waals surface area contributed by atoms with E-state index < -0.39 is 0 Å². The predicted molar refractivity (Wildman–Crippen MR) is 44.7 cm³/mol. The summed E-state index contributed by atoms with van der Waals surface area (Å²) in [5.74, 6) is 0.711. The highest BCUT2D eigenvalue weighted by Crippen LogP contribution is 1.92. The molecule has 0 unspecified atom stereocenters. The largest absolute Gasteiger partial charge is 0.370 e. The second-order valence-corrected chi connectivity index (χ2v) is 2.44. The average molecular weight is 141 g/mol. The lowest BCUT2D eigenvalue weighted by Gasteiger charge is -1.91. The van der Waals surface area contributed by atoms with Gasteiger partial charge in [-0.15, -0.1) is 0 Å². The average Bonchev–Trinajstić information content (AvgIpc) is 1.79. The Bertz CT molecular complexity index is 132. The molecule has 3 nitrogen and oxygen atoms in total. The summed E-state index contributed by atoms with van der Waals surface area (Å²) in [4.78, 5) is 3.78. The van der Waals surface area contributed by atoms with Crippen molar-refractivity contribution in [3.8, 4) is 0 Å². The molecule has 0 aromatic carbocycles. The van der Waals surface area contributed by atoms with Gasteiger partial charge in [-0.2, -0.15) is 0 Å². The smallest absolute Gasteiger partial charge is 0.186 e. The number of nitrogens with zero attached hydrogens (tertiary/aromatic N) is 1. The Balaban J connectivity index is 3.45. The van der Waals surface area contributed by atoms with Gasteiger partial charge in [-0.1, -0.05) is 26.0 Å². The van der Waals surface area contributed by atoms with Crippen molar-refractivity contribution in [2.75, 3.05) is 6.54 Å². The summed E-state index contributed by atoms with van der Waals surface area (Å²) in [5, 5.41) is 0. The molecule has 0 amide bonds. The molecule has 0 saturated heterocycles. The number of guanidine groups is 1. The lowest BCUT2D eigenvalue weighted by atomic mass is 10.2. The molecule has 0 heterocycles. The zero-order valence-electron chi connectivity index (χ0n) is 6.54. The van der Waals surface area contributed by atoms with E-state index in [9.17, 15) is 0 Å². The van der Waals surface area contributed by atoms with E-state index >= 15 is 0 Å². The normalized spacial score (nSPS) is 10.7. The topological polar surface area (TPSA) is 64.4 Å². The maximum Gasteiger partial charge on any atom is 0.186 e. The SMILES string of the molecule is CC(C)/C=C/CN=C(N)N. The van der Waals surface area contributed by atoms with Crippen LogP contribution in [0.2, 0.25) is 0 Å². The van der Waals surface area contributed by atoms with Crippen LogP contribution < -0.4 is 11.5 Å². The molecule has 0 aliphatic rings. The maximum absolute atomic E-state index is 5.10. The van der Waals surface area contributed by atoms with Crippen LogP contribution in [0.5, 0.6) is 0 Å². The monoisotopic (exact) mass is 141 g/mol. The Morgan fingerprint density at radius 2 is 2.10 bits per heavy atom. The van der Waals surface area contributed by atoms with E-state index in [4.69, 9.17) is 11.5 Å². The van der Waals surface area contributed by atoms with Gasteiger partial charge in [0.25, 0.3) is 0 Å². The van der Waals surface area contributed by atoms with Gasteiger partial charge in [-0.3, -0.25) is 0 Å². The fourth-order valence-corrected chi connectivity index (χ4v) is 0.491. The van der Waals surface area contributed by atoms with Gasteiger partial charge < -0.3 is 11.5 Å². The molecule has 0 aliphatic heterocycles. The highest BCUT2D eigenvalue weighted by Gasteiger charge is 1.81. The lowest BCUT2D eigenvalue weighted by molar-refractivity contribution is 0.827. The molecule has 0 aliphatic carbocycles. The summed E-state index contributed by atoms with van der Waals surface area (Å²) < 4.78 is 0. The van der Waals surface area contributed by atoms with Crippen LogP contribution in [0, 0.1) is 5.92 Å². The van der Waals surface area contributed by atoms with Gasteiger partial charge in [0.15, 0.2) is 5.96 Å². The minimum atomic E-state index is 0.147. The highest BCUT2D eigenvalue weighted by atomic mass is 15.0. The molecule has 0 spiro atoms. The van der Waals surface area contributed by atoms with Gasteiger partial charge in [0, 0.05) is 0 Å². The van der Waals surface area contributed by atoms with Gasteiger partial charge >= 0.3 is 0 Å². The Hall–Kier alpha value is -0.990. The molecule has 0 fully saturated rings. The molecule has 58 valence electrons. The molecule has 3 heteroatoms.